The second kappa shape index (κ2) is 8.10. The highest BCUT2D eigenvalue weighted by Crippen LogP contribution is 2.21. The molecule has 1 atom stereocenters. The van der Waals surface area contributed by atoms with Crippen molar-refractivity contribution in [2.45, 2.75) is 31.7 Å². The number of nitrogens with one attached hydrogen (secondary N) is 1. The minimum absolute atomic E-state index is 0.0503. The summed E-state index contributed by atoms with van der Waals surface area (Å²) in [5.74, 6) is 0.659. The Balaban J connectivity index is 2.14. The van der Waals surface area contributed by atoms with Gasteiger partial charge in [0, 0.05) is 25.3 Å². The van der Waals surface area contributed by atoms with E-state index in [9.17, 15) is 8.42 Å². The first-order valence-corrected chi connectivity index (χ1v) is 9.59. The highest BCUT2D eigenvalue weighted by Gasteiger charge is 2.21. The average molecular weight is 358 g/mol. The zero-order valence-electron chi connectivity index (χ0n) is 14.6. The Kier molecular flexibility index (Phi) is 6.12. The molecule has 1 N–H and O–H groups in total. The molecule has 1 aromatic heterocycles. The Morgan fingerprint density at radius 1 is 1.16 bits per heavy atom. The predicted octanol–water partition coefficient (Wildman–Crippen LogP) is 3.16. The van der Waals surface area contributed by atoms with Gasteiger partial charge in [0.25, 0.3) is 0 Å². The van der Waals surface area contributed by atoms with Crippen molar-refractivity contribution >= 4 is 15.8 Å². The number of rotatable bonds is 7. The number of nitriles is 1. The van der Waals surface area contributed by atoms with Gasteiger partial charge in [-0.25, -0.2) is 13.4 Å². The Labute approximate surface area is 149 Å². The van der Waals surface area contributed by atoms with Crippen LogP contribution in [0.4, 0.5) is 5.82 Å². The maximum Gasteiger partial charge on any atom is 0.243 e. The summed E-state index contributed by atoms with van der Waals surface area (Å²) >= 11 is 0. The van der Waals surface area contributed by atoms with Gasteiger partial charge < -0.3 is 5.32 Å². The van der Waals surface area contributed by atoms with Crippen LogP contribution < -0.4 is 5.32 Å². The first-order valence-electron chi connectivity index (χ1n) is 8.15. The van der Waals surface area contributed by atoms with E-state index in [0.29, 0.717) is 29.4 Å². The molecule has 2 rings (SSSR count). The van der Waals surface area contributed by atoms with Gasteiger partial charge >= 0.3 is 0 Å². The van der Waals surface area contributed by atoms with Gasteiger partial charge in [0.2, 0.25) is 10.0 Å². The third kappa shape index (κ3) is 4.35. The number of aromatic nitrogens is 1. The van der Waals surface area contributed by atoms with E-state index in [0.717, 1.165) is 5.56 Å². The van der Waals surface area contributed by atoms with E-state index in [1.165, 1.54) is 10.5 Å². The molecule has 132 valence electrons. The zero-order chi connectivity index (χ0) is 18.4. The van der Waals surface area contributed by atoms with Crippen LogP contribution in [0.25, 0.3) is 0 Å². The summed E-state index contributed by atoms with van der Waals surface area (Å²) in [5, 5.41) is 12.0. The molecule has 0 bridgehead atoms. The lowest BCUT2D eigenvalue weighted by Gasteiger charge is -2.19. The molecule has 0 aliphatic carbocycles. The molecule has 25 heavy (non-hydrogen) atoms. The standard InChI is InChI=1S/C18H22N4O2S/c1-4-22(5-2)25(23,24)17-9-7-16(8-10-17)14(3)21-18-11-6-15(12-19)13-20-18/h6-11,13-14H,4-5H2,1-3H3,(H,20,21)/t14-/m1/s1. The fourth-order valence-electron chi connectivity index (χ4n) is 2.49. The Bertz CT molecular complexity index is 836. The van der Waals surface area contributed by atoms with Crippen LogP contribution >= 0.6 is 0 Å². The maximum absolute atomic E-state index is 12.5. The minimum Gasteiger partial charge on any atom is -0.364 e. The van der Waals surface area contributed by atoms with E-state index < -0.39 is 10.0 Å². The first kappa shape index (κ1) is 18.9. The van der Waals surface area contributed by atoms with E-state index in [4.69, 9.17) is 5.26 Å². The molecule has 6 nitrogen and oxygen atoms in total. The molecule has 0 aliphatic heterocycles. The third-order valence-corrected chi connectivity index (χ3v) is 6.04. The molecule has 0 unspecified atom stereocenters. The molecule has 0 fully saturated rings. The number of hydrogen-bond acceptors (Lipinski definition) is 5. The van der Waals surface area contributed by atoms with Crippen molar-refractivity contribution in [1.82, 2.24) is 9.29 Å². The van der Waals surface area contributed by atoms with Crippen LogP contribution in [0.3, 0.4) is 0 Å². The van der Waals surface area contributed by atoms with Crippen LogP contribution in [0.5, 0.6) is 0 Å². The molecule has 7 heteroatoms. The Hall–Kier alpha value is -2.43. The summed E-state index contributed by atoms with van der Waals surface area (Å²) in [4.78, 5) is 4.48. The number of anilines is 1. The van der Waals surface area contributed by atoms with Crippen molar-refractivity contribution in [3.63, 3.8) is 0 Å². The lowest BCUT2D eigenvalue weighted by Crippen LogP contribution is -2.30. The number of sulfonamides is 1. The van der Waals surface area contributed by atoms with Crippen LogP contribution in [0.2, 0.25) is 0 Å². The van der Waals surface area contributed by atoms with Crippen LogP contribution in [0, 0.1) is 11.3 Å². The second-order valence-corrected chi connectivity index (χ2v) is 7.51. The molecule has 0 aliphatic rings. The van der Waals surface area contributed by atoms with Crippen molar-refractivity contribution in [1.29, 1.82) is 5.26 Å². The smallest absolute Gasteiger partial charge is 0.243 e. The molecule has 0 amide bonds. The van der Waals surface area contributed by atoms with Crippen molar-refractivity contribution in [3.05, 3.63) is 53.7 Å². The fourth-order valence-corrected chi connectivity index (χ4v) is 3.95. The molecule has 1 heterocycles. The quantitative estimate of drug-likeness (QED) is 0.821. The molecule has 0 spiro atoms. The van der Waals surface area contributed by atoms with Gasteiger partial charge in [0.1, 0.15) is 11.9 Å². The highest BCUT2D eigenvalue weighted by molar-refractivity contribution is 7.89. The number of nitrogens with zero attached hydrogens (tertiary/aromatic N) is 3. The van der Waals surface area contributed by atoms with Gasteiger partial charge in [0.15, 0.2) is 0 Å². The largest absolute Gasteiger partial charge is 0.364 e. The second-order valence-electron chi connectivity index (χ2n) is 5.57. The van der Waals surface area contributed by atoms with Gasteiger partial charge in [-0.3, -0.25) is 0 Å². The molecular formula is C18H22N4O2S. The van der Waals surface area contributed by atoms with E-state index in [-0.39, 0.29) is 6.04 Å². The summed E-state index contributed by atoms with van der Waals surface area (Å²) in [6.45, 7) is 6.51. The van der Waals surface area contributed by atoms with Crippen molar-refractivity contribution in [2.24, 2.45) is 0 Å². The monoisotopic (exact) mass is 358 g/mol. The van der Waals surface area contributed by atoms with Crippen LogP contribution in [0.1, 0.15) is 37.9 Å². The van der Waals surface area contributed by atoms with Gasteiger partial charge in [-0.05, 0) is 36.8 Å². The van der Waals surface area contributed by atoms with Crippen molar-refractivity contribution in [3.8, 4) is 6.07 Å². The first-order chi connectivity index (χ1) is 11.9. The Morgan fingerprint density at radius 2 is 1.80 bits per heavy atom. The summed E-state index contributed by atoms with van der Waals surface area (Å²) in [6.07, 6.45) is 1.51. The van der Waals surface area contributed by atoms with Crippen LogP contribution in [-0.4, -0.2) is 30.8 Å². The summed E-state index contributed by atoms with van der Waals surface area (Å²) in [6, 6.07) is 12.3. The zero-order valence-corrected chi connectivity index (χ0v) is 15.4. The summed E-state index contributed by atoms with van der Waals surface area (Å²) < 4.78 is 26.4. The van der Waals surface area contributed by atoms with E-state index in [1.54, 1.807) is 36.4 Å². The predicted molar refractivity (Wildman–Crippen MR) is 97.5 cm³/mol. The van der Waals surface area contributed by atoms with Crippen molar-refractivity contribution < 1.29 is 8.42 Å². The van der Waals surface area contributed by atoms with Gasteiger partial charge in [-0.15, -0.1) is 0 Å². The minimum atomic E-state index is -3.44. The normalized spacial score (nSPS) is 12.6. The van der Waals surface area contributed by atoms with Crippen LogP contribution in [-0.2, 0) is 10.0 Å². The summed E-state index contributed by atoms with van der Waals surface area (Å²) in [5.41, 5.74) is 1.45. The molecule has 0 radical (unpaired) electrons. The number of benzene rings is 1. The average Bonchev–Trinajstić information content (AvgIpc) is 2.63. The SMILES string of the molecule is CCN(CC)S(=O)(=O)c1ccc([C@@H](C)Nc2ccc(C#N)cn2)cc1. The molecule has 0 saturated heterocycles. The van der Waals surface area contributed by atoms with E-state index in [1.807, 2.05) is 26.8 Å². The lowest BCUT2D eigenvalue weighted by molar-refractivity contribution is 0.445. The lowest BCUT2D eigenvalue weighted by atomic mass is 10.1. The molecule has 0 saturated carbocycles. The summed E-state index contributed by atoms with van der Waals surface area (Å²) in [7, 11) is -3.44. The number of hydrogen-bond donors (Lipinski definition) is 1. The van der Waals surface area contributed by atoms with Crippen LogP contribution in [0.15, 0.2) is 47.5 Å². The van der Waals surface area contributed by atoms with E-state index >= 15 is 0 Å². The van der Waals surface area contributed by atoms with Crippen molar-refractivity contribution in [2.75, 3.05) is 18.4 Å². The molecule has 1 aromatic carbocycles. The molecular weight excluding hydrogens is 336 g/mol. The molecule has 2 aromatic rings. The Morgan fingerprint density at radius 3 is 2.28 bits per heavy atom. The topological polar surface area (TPSA) is 86.1 Å². The third-order valence-electron chi connectivity index (χ3n) is 3.98. The maximum atomic E-state index is 12.5. The van der Waals surface area contributed by atoms with Gasteiger partial charge in [-0.2, -0.15) is 9.57 Å². The van der Waals surface area contributed by atoms with Gasteiger partial charge in [-0.1, -0.05) is 26.0 Å². The fraction of sp³-hybridized carbons (Fsp3) is 0.333. The van der Waals surface area contributed by atoms with E-state index in [2.05, 4.69) is 10.3 Å². The number of pyridine rings is 1. The van der Waals surface area contributed by atoms with Gasteiger partial charge in [0.05, 0.1) is 10.5 Å². The highest BCUT2D eigenvalue weighted by atomic mass is 32.2.